The molecule has 1 amide bonds. The van der Waals surface area contributed by atoms with Gasteiger partial charge in [0.2, 0.25) is 0 Å². The van der Waals surface area contributed by atoms with E-state index >= 15 is 0 Å². The molecule has 32 heavy (non-hydrogen) atoms. The number of nitrogens with zero attached hydrogens (tertiary/aromatic N) is 2. The fourth-order valence-electron chi connectivity index (χ4n) is 3.85. The molecule has 1 N–H and O–H groups in total. The summed E-state index contributed by atoms with van der Waals surface area (Å²) in [5, 5.41) is 14.8. The van der Waals surface area contributed by atoms with Crippen molar-refractivity contribution in [2.24, 2.45) is 5.41 Å². The Morgan fingerprint density at radius 3 is 2.38 bits per heavy atom. The van der Waals surface area contributed by atoms with Crippen LogP contribution in [0.15, 0.2) is 81.6 Å². The largest absolute Gasteiger partial charge is 0.503 e. The number of carbonyl (C=O) groups is 2. The second-order valence-corrected chi connectivity index (χ2v) is 9.44. The molecular formula is C25H24N2O4S. The minimum Gasteiger partial charge on any atom is -0.503 e. The lowest BCUT2D eigenvalue weighted by Crippen LogP contribution is -2.33. The lowest BCUT2D eigenvalue weighted by atomic mass is 9.82. The van der Waals surface area contributed by atoms with Gasteiger partial charge in [-0.1, -0.05) is 56.3 Å². The molecule has 0 aliphatic carbocycles. The summed E-state index contributed by atoms with van der Waals surface area (Å²) >= 11 is 1.53. The lowest BCUT2D eigenvalue weighted by Gasteiger charge is -2.30. The Kier molecular flexibility index (Phi) is 5.69. The molecule has 3 aromatic rings. The molecule has 0 fully saturated rings. The van der Waals surface area contributed by atoms with E-state index in [1.807, 2.05) is 42.7 Å². The molecule has 0 saturated carbocycles. The Balaban J connectivity index is 1.86. The van der Waals surface area contributed by atoms with Crippen LogP contribution in [-0.4, -0.2) is 28.2 Å². The summed E-state index contributed by atoms with van der Waals surface area (Å²) in [7, 11) is 0. The van der Waals surface area contributed by atoms with Crippen molar-refractivity contribution in [2.45, 2.75) is 31.7 Å². The van der Waals surface area contributed by atoms with Gasteiger partial charge in [-0.05, 0) is 30.0 Å². The summed E-state index contributed by atoms with van der Waals surface area (Å²) < 4.78 is 4.91. The van der Waals surface area contributed by atoms with Gasteiger partial charge in [0.15, 0.2) is 11.5 Å². The second-order valence-electron chi connectivity index (χ2n) is 8.59. The maximum absolute atomic E-state index is 13.4. The summed E-state index contributed by atoms with van der Waals surface area (Å²) in [6.07, 6.45) is 3.44. The first-order valence-electron chi connectivity index (χ1n) is 10.2. The Labute approximate surface area is 190 Å². The van der Waals surface area contributed by atoms with E-state index in [-0.39, 0.29) is 11.4 Å². The Hall–Kier alpha value is -3.32. The van der Waals surface area contributed by atoms with Crippen LogP contribution in [0.4, 0.5) is 5.69 Å². The monoisotopic (exact) mass is 448 g/mol. The Bertz CT molecular complexity index is 1190. The van der Waals surface area contributed by atoms with Gasteiger partial charge in [-0.15, -0.1) is 11.8 Å². The first kappa shape index (κ1) is 21.9. The van der Waals surface area contributed by atoms with Crippen LogP contribution in [-0.2, 0) is 9.59 Å². The van der Waals surface area contributed by atoms with E-state index in [1.54, 1.807) is 39.0 Å². The zero-order valence-electron chi connectivity index (χ0n) is 18.3. The average molecular weight is 449 g/mol. The van der Waals surface area contributed by atoms with Crippen LogP contribution in [0.5, 0.6) is 0 Å². The van der Waals surface area contributed by atoms with Crippen molar-refractivity contribution >= 4 is 29.1 Å². The van der Waals surface area contributed by atoms with Crippen LogP contribution >= 0.6 is 11.8 Å². The molecule has 1 unspecified atom stereocenters. The first-order chi connectivity index (χ1) is 15.2. The Morgan fingerprint density at radius 1 is 1.09 bits per heavy atom. The van der Waals surface area contributed by atoms with Gasteiger partial charge in [-0.2, -0.15) is 0 Å². The number of aliphatic hydroxyl groups is 1. The summed E-state index contributed by atoms with van der Waals surface area (Å²) in [6.45, 7) is 5.35. The molecule has 2 aromatic carbocycles. The molecule has 7 heteroatoms. The van der Waals surface area contributed by atoms with E-state index in [2.05, 4.69) is 5.16 Å². The second kappa shape index (κ2) is 8.31. The highest BCUT2D eigenvalue weighted by atomic mass is 32.2. The molecule has 1 atom stereocenters. The number of aromatic nitrogens is 1. The third-order valence-corrected chi connectivity index (χ3v) is 6.26. The molecule has 0 saturated heterocycles. The molecule has 6 nitrogen and oxygen atoms in total. The predicted octanol–water partition coefficient (Wildman–Crippen LogP) is 5.58. The smallest absolute Gasteiger partial charge is 0.294 e. The predicted molar refractivity (Wildman–Crippen MR) is 125 cm³/mol. The number of hydrogen-bond acceptors (Lipinski definition) is 6. The fraction of sp³-hybridized carbons (Fsp3) is 0.240. The van der Waals surface area contributed by atoms with Crippen molar-refractivity contribution in [3.63, 3.8) is 0 Å². The molecule has 1 aromatic heterocycles. The fourth-order valence-corrected chi connectivity index (χ4v) is 4.48. The van der Waals surface area contributed by atoms with Crippen molar-refractivity contribution in [3.05, 3.63) is 77.8 Å². The number of anilines is 1. The number of Topliss-reactive ketones (excluding diaryl/α,β-unsaturated/α-hetero) is 1. The highest BCUT2D eigenvalue weighted by Crippen LogP contribution is 2.45. The zero-order valence-corrected chi connectivity index (χ0v) is 19.1. The van der Waals surface area contributed by atoms with Gasteiger partial charge >= 0.3 is 0 Å². The summed E-state index contributed by atoms with van der Waals surface area (Å²) in [5.41, 5.74) is 2.25. The standard InChI is InChI=1S/C25H24N2O4S/c1-25(2,3)23(29)20-21(17-7-5-6-8-19(17)32-4)27(24(30)22(20)28)16-11-9-15(10-12-16)18-13-14-31-26-18/h5-14,21,28H,1-4H3. The van der Waals surface area contributed by atoms with Gasteiger partial charge in [0.25, 0.3) is 5.91 Å². The average Bonchev–Trinajstić information content (AvgIpc) is 3.40. The number of carbonyl (C=O) groups excluding carboxylic acids is 2. The number of benzene rings is 2. The quantitative estimate of drug-likeness (QED) is 0.513. The third kappa shape index (κ3) is 3.73. The molecule has 1 aliphatic heterocycles. The first-order valence-corrected chi connectivity index (χ1v) is 11.4. The van der Waals surface area contributed by atoms with E-state index in [4.69, 9.17) is 4.52 Å². The maximum Gasteiger partial charge on any atom is 0.294 e. The normalized spacial score (nSPS) is 16.7. The SMILES string of the molecule is CSc1ccccc1C1C(C(=O)C(C)(C)C)=C(O)C(=O)N1c1ccc(-c2ccon2)cc1. The van der Waals surface area contributed by atoms with Gasteiger partial charge < -0.3 is 9.63 Å². The van der Waals surface area contributed by atoms with Crippen molar-refractivity contribution in [1.82, 2.24) is 5.16 Å². The molecule has 164 valence electrons. The van der Waals surface area contributed by atoms with E-state index in [0.717, 1.165) is 16.0 Å². The third-order valence-electron chi connectivity index (χ3n) is 5.45. The zero-order chi connectivity index (χ0) is 23.0. The van der Waals surface area contributed by atoms with Crippen molar-refractivity contribution in [3.8, 4) is 11.3 Å². The van der Waals surface area contributed by atoms with Crippen LogP contribution < -0.4 is 4.90 Å². The van der Waals surface area contributed by atoms with Gasteiger partial charge in [0.1, 0.15) is 12.0 Å². The van der Waals surface area contributed by atoms with Gasteiger partial charge in [0, 0.05) is 27.6 Å². The van der Waals surface area contributed by atoms with Gasteiger partial charge in [-0.25, -0.2) is 0 Å². The molecule has 2 heterocycles. The molecule has 4 rings (SSSR count). The summed E-state index contributed by atoms with van der Waals surface area (Å²) in [6, 6.07) is 15.9. The van der Waals surface area contributed by atoms with Gasteiger partial charge in [-0.3, -0.25) is 14.5 Å². The molecule has 0 radical (unpaired) electrons. The van der Waals surface area contributed by atoms with Crippen LogP contribution in [0.3, 0.4) is 0 Å². The minimum absolute atomic E-state index is 0.129. The van der Waals surface area contributed by atoms with Crippen molar-refractivity contribution < 1.29 is 19.2 Å². The number of thioether (sulfide) groups is 1. The molecule has 0 spiro atoms. The lowest BCUT2D eigenvalue weighted by molar-refractivity contribution is -0.123. The highest BCUT2D eigenvalue weighted by Gasteiger charge is 2.47. The molecular weight excluding hydrogens is 424 g/mol. The highest BCUT2D eigenvalue weighted by molar-refractivity contribution is 7.98. The topological polar surface area (TPSA) is 83.6 Å². The van der Waals surface area contributed by atoms with Crippen LogP contribution in [0.25, 0.3) is 11.3 Å². The van der Waals surface area contributed by atoms with E-state index in [1.165, 1.54) is 22.9 Å². The molecule has 1 aliphatic rings. The number of rotatable bonds is 5. The number of hydrogen-bond donors (Lipinski definition) is 1. The maximum atomic E-state index is 13.4. The van der Waals surface area contributed by atoms with Crippen LogP contribution in [0.1, 0.15) is 32.4 Å². The van der Waals surface area contributed by atoms with Crippen molar-refractivity contribution in [2.75, 3.05) is 11.2 Å². The minimum atomic E-state index is -0.761. The van der Waals surface area contributed by atoms with Gasteiger partial charge in [0.05, 0.1) is 11.6 Å². The van der Waals surface area contributed by atoms with E-state index < -0.39 is 23.1 Å². The Morgan fingerprint density at radius 2 is 1.78 bits per heavy atom. The number of aliphatic hydroxyl groups excluding tert-OH is 1. The molecule has 0 bridgehead atoms. The summed E-state index contributed by atoms with van der Waals surface area (Å²) in [4.78, 5) is 29.1. The van der Waals surface area contributed by atoms with Crippen molar-refractivity contribution in [1.29, 1.82) is 0 Å². The van der Waals surface area contributed by atoms with E-state index in [0.29, 0.717) is 11.4 Å². The van der Waals surface area contributed by atoms with E-state index in [9.17, 15) is 14.7 Å². The summed E-state index contributed by atoms with van der Waals surface area (Å²) in [5.74, 6) is -1.34. The van der Waals surface area contributed by atoms with Crippen LogP contribution in [0.2, 0.25) is 0 Å². The number of amides is 1. The van der Waals surface area contributed by atoms with Crippen LogP contribution in [0, 0.1) is 5.41 Å². The number of ketones is 1.